The summed E-state index contributed by atoms with van der Waals surface area (Å²) < 4.78 is 1.80. The molecule has 1 aromatic heterocycles. The second-order valence-electron chi connectivity index (χ2n) is 6.95. The van der Waals surface area contributed by atoms with Crippen LogP contribution >= 0.6 is 11.6 Å². The van der Waals surface area contributed by atoms with Crippen LogP contribution in [0, 0.1) is 0 Å². The van der Waals surface area contributed by atoms with Crippen LogP contribution in [0.5, 0.6) is 0 Å². The SMILES string of the molecule is CCCCCCCOn1cc(CC(=O)Nc2ccccc2Cl)c2ccccc21. The van der Waals surface area contributed by atoms with Gasteiger partial charge in [0.2, 0.25) is 5.91 Å². The first-order chi connectivity index (χ1) is 13.7. The van der Waals surface area contributed by atoms with Crippen molar-refractivity contribution in [2.45, 2.75) is 45.4 Å². The van der Waals surface area contributed by atoms with Gasteiger partial charge in [0.1, 0.15) is 6.61 Å². The molecule has 5 heteroatoms. The number of amides is 1. The van der Waals surface area contributed by atoms with Crippen molar-refractivity contribution in [2.24, 2.45) is 0 Å². The summed E-state index contributed by atoms with van der Waals surface area (Å²) >= 11 is 6.13. The second kappa shape index (κ2) is 10.2. The van der Waals surface area contributed by atoms with Crippen LogP contribution in [0.3, 0.4) is 0 Å². The maximum Gasteiger partial charge on any atom is 0.228 e. The Bertz CT molecular complexity index is 920. The number of para-hydroxylation sites is 2. The van der Waals surface area contributed by atoms with Crippen LogP contribution in [0.4, 0.5) is 5.69 Å². The predicted octanol–water partition coefficient (Wildman–Crippen LogP) is 5.87. The molecule has 148 valence electrons. The van der Waals surface area contributed by atoms with Gasteiger partial charge in [-0.15, -0.1) is 0 Å². The monoisotopic (exact) mass is 398 g/mol. The van der Waals surface area contributed by atoms with E-state index in [2.05, 4.69) is 12.2 Å². The predicted molar refractivity (Wildman–Crippen MR) is 116 cm³/mol. The highest BCUT2D eigenvalue weighted by Gasteiger charge is 2.13. The average Bonchev–Trinajstić information content (AvgIpc) is 3.04. The summed E-state index contributed by atoms with van der Waals surface area (Å²) in [6.07, 6.45) is 8.16. The van der Waals surface area contributed by atoms with Crippen molar-refractivity contribution in [3.05, 3.63) is 65.3 Å². The van der Waals surface area contributed by atoms with Crippen LogP contribution in [0.25, 0.3) is 10.9 Å². The van der Waals surface area contributed by atoms with Crippen molar-refractivity contribution >= 4 is 34.1 Å². The van der Waals surface area contributed by atoms with Crippen molar-refractivity contribution in [3.8, 4) is 0 Å². The molecule has 0 aliphatic rings. The molecule has 0 unspecified atom stereocenters. The first-order valence-electron chi connectivity index (χ1n) is 9.95. The van der Waals surface area contributed by atoms with Crippen molar-refractivity contribution in [2.75, 3.05) is 11.9 Å². The number of hydrogen-bond donors (Lipinski definition) is 1. The Morgan fingerprint density at radius 3 is 2.61 bits per heavy atom. The smallest absolute Gasteiger partial charge is 0.228 e. The van der Waals surface area contributed by atoms with Gasteiger partial charge in [-0.3, -0.25) is 4.79 Å². The summed E-state index contributed by atoms with van der Waals surface area (Å²) in [5.41, 5.74) is 2.55. The van der Waals surface area contributed by atoms with Gasteiger partial charge in [-0.1, -0.05) is 68.1 Å². The summed E-state index contributed by atoms with van der Waals surface area (Å²) in [7, 11) is 0. The van der Waals surface area contributed by atoms with E-state index >= 15 is 0 Å². The maximum absolute atomic E-state index is 12.5. The molecule has 1 amide bonds. The summed E-state index contributed by atoms with van der Waals surface area (Å²) in [4.78, 5) is 18.5. The van der Waals surface area contributed by atoms with Crippen LogP contribution in [-0.4, -0.2) is 17.2 Å². The topological polar surface area (TPSA) is 43.3 Å². The van der Waals surface area contributed by atoms with E-state index in [4.69, 9.17) is 16.4 Å². The Balaban J connectivity index is 1.66. The van der Waals surface area contributed by atoms with E-state index < -0.39 is 0 Å². The first-order valence-corrected chi connectivity index (χ1v) is 10.3. The number of rotatable bonds is 10. The normalized spacial score (nSPS) is 10.9. The molecule has 0 radical (unpaired) electrons. The molecule has 0 bridgehead atoms. The lowest BCUT2D eigenvalue weighted by atomic mass is 10.1. The quantitative estimate of drug-likeness (QED) is 0.433. The van der Waals surface area contributed by atoms with Gasteiger partial charge < -0.3 is 10.2 Å². The van der Waals surface area contributed by atoms with Gasteiger partial charge in [0.15, 0.2) is 0 Å². The minimum atomic E-state index is -0.101. The van der Waals surface area contributed by atoms with Crippen molar-refractivity contribution in [1.82, 2.24) is 4.73 Å². The van der Waals surface area contributed by atoms with E-state index in [1.54, 1.807) is 16.9 Å². The number of unbranched alkanes of at least 4 members (excludes halogenated alkanes) is 4. The number of nitrogens with one attached hydrogen (secondary N) is 1. The van der Waals surface area contributed by atoms with Crippen LogP contribution < -0.4 is 10.2 Å². The number of halogens is 1. The molecule has 0 aliphatic carbocycles. The standard InChI is InChI=1S/C23H27ClN2O2/c1-2-3-4-5-10-15-28-26-17-18(19-11-6-9-14-22(19)26)16-23(27)25-21-13-8-7-12-20(21)24/h6-9,11-14,17H,2-5,10,15-16H2,1H3,(H,25,27). The summed E-state index contributed by atoms with van der Waals surface area (Å²) in [5, 5.41) is 4.45. The first kappa shape index (κ1) is 20.3. The molecule has 0 spiro atoms. The molecule has 3 aromatic rings. The molecule has 1 heterocycles. The van der Waals surface area contributed by atoms with Gasteiger partial charge in [0, 0.05) is 11.6 Å². The van der Waals surface area contributed by atoms with Crippen LogP contribution in [0.1, 0.15) is 44.6 Å². The third-order valence-corrected chi connectivity index (χ3v) is 5.07. The highest BCUT2D eigenvalue weighted by atomic mass is 35.5. The molecule has 0 fully saturated rings. The maximum atomic E-state index is 12.5. The lowest BCUT2D eigenvalue weighted by molar-refractivity contribution is -0.115. The number of carbonyl (C=O) groups is 1. The number of nitrogens with zero attached hydrogens (tertiary/aromatic N) is 1. The molecule has 28 heavy (non-hydrogen) atoms. The number of benzene rings is 2. The van der Waals surface area contributed by atoms with E-state index in [1.807, 2.05) is 42.6 Å². The number of fused-ring (bicyclic) bond motifs is 1. The van der Waals surface area contributed by atoms with Crippen LogP contribution in [0.15, 0.2) is 54.7 Å². The fraction of sp³-hybridized carbons (Fsp3) is 0.348. The minimum absolute atomic E-state index is 0.101. The number of anilines is 1. The van der Waals surface area contributed by atoms with E-state index in [1.165, 1.54) is 25.7 Å². The highest BCUT2D eigenvalue weighted by molar-refractivity contribution is 6.33. The molecule has 1 N–H and O–H groups in total. The Morgan fingerprint density at radius 2 is 1.79 bits per heavy atom. The van der Waals surface area contributed by atoms with Gasteiger partial charge >= 0.3 is 0 Å². The van der Waals surface area contributed by atoms with E-state index in [-0.39, 0.29) is 12.3 Å². The number of hydrogen-bond acceptors (Lipinski definition) is 2. The zero-order valence-electron chi connectivity index (χ0n) is 16.3. The van der Waals surface area contributed by atoms with Gasteiger partial charge in [0.25, 0.3) is 0 Å². The fourth-order valence-electron chi connectivity index (χ4n) is 3.26. The Kier molecular flexibility index (Phi) is 7.38. The van der Waals surface area contributed by atoms with Crippen molar-refractivity contribution in [1.29, 1.82) is 0 Å². The Labute approximate surface area is 171 Å². The van der Waals surface area contributed by atoms with Gasteiger partial charge in [-0.05, 0) is 36.6 Å². The van der Waals surface area contributed by atoms with Crippen LogP contribution in [-0.2, 0) is 11.2 Å². The van der Waals surface area contributed by atoms with E-state index in [0.29, 0.717) is 17.3 Å². The summed E-state index contributed by atoms with van der Waals surface area (Å²) in [5.74, 6) is -0.101. The molecular formula is C23H27ClN2O2. The zero-order chi connectivity index (χ0) is 19.8. The Morgan fingerprint density at radius 1 is 1.04 bits per heavy atom. The second-order valence-corrected chi connectivity index (χ2v) is 7.36. The Hall–Kier alpha value is -2.46. The molecule has 3 rings (SSSR count). The van der Waals surface area contributed by atoms with Crippen LogP contribution in [0.2, 0.25) is 5.02 Å². The highest BCUT2D eigenvalue weighted by Crippen LogP contribution is 2.23. The third-order valence-electron chi connectivity index (χ3n) is 4.74. The number of carbonyl (C=O) groups excluding carboxylic acids is 1. The molecule has 0 saturated carbocycles. The van der Waals surface area contributed by atoms with Gasteiger partial charge in [0.05, 0.1) is 22.6 Å². The molecular weight excluding hydrogens is 372 g/mol. The van der Waals surface area contributed by atoms with Gasteiger partial charge in [-0.25, -0.2) is 0 Å². The molecule has 2 aromatic carbocycles. The fourth-order valence-corrected chi connectivity index (χ4v) is 3.45. The van der Waals surface area contributed by atoms with Crippen molar-refractivity contribution in [3.63, 3.8) is 0 Å². The average molecular weight is 399 g/mol. The lowest BCUT2D eigenvalue weighted by Crippen LogP contribution is -2.15. The lowest BCUT2D eigenvalue weighted by Gasteiger charge is -2.08. The third kappa shape index (κ3) is 5.29. The zero-order valence-corrected chi connectivity index (χ0v) is 17.0. The minimum Gasteiger partial charge on any atom is -0.414 e. The van der Waals surface area contributed by atoms with E-state index in [0.717, 1.165) is 22.9 Å². The van der Waals surface area contributed by atoms with Gasteiger partial charge in [-0.2, -0.15) is 4.73 Å². The summed E-state index contributed by atoms with van der Waals surface area (Å²) in [6, 6.07) is 15.2. The number of aromatic nitrogens is 1. The molecule has 0 atom stereocenters. The van der Waals surface area contributed by atoms with Crippen molar-refractivity contribution < 1.29 is 9.63 Å². The molecule has 0 aliphatic heterocycles. The molecule has 4 nitrogen and oxygen atoms in total. The summed E-state index contributed by atoms with van der Waals surface area (Å²) in [6.45, 7) is 2.89. The van der Waals surface area contributed by atoms with E-state index in [9.17, 15) is 4.79 Å². The largest absolute Gasteiger partial charge is 0.414 e. The molecule has 0 saturated heterocycles.